The third kappa shape index (κ3) is 3.85. The minimum atomic E-state index is -0.169. The normalized spacial score (nSPS) is 10.4. The number of benzene rings is 1. The number of nitrogens with one attached hydrogen (secondary N) is 1. The third-order valence-electron chi connectivity index (χ3n) is 2.96. The number of carbonyl (C=O) groups excluding carboxylic acids is 1. The number of amides is 1. The minimum Gasteiger partial charge on any atom is -0.493 e. The fraction of sp³-hybridized carbons (Fsp3) is 0.333. The summed E-state index contributed by atoms with van der Waals surface area (Å²) in [4.78, 5) is 12.3. The molecule has 0 saturated carbocycles. The summed E-state index contributed by atoms with van der Waals surface area (Å²) in [5.74, 6) is 0.424. The molecule has 5 nitrogen and oxygen atoms in total. The molecule has 0 aliphatic heterocycles. The number of nitrogens with zero attached hydrogens (tertiary/aromatic N) is 2. The van der Waals surface area contributed by atoms with E-state index in [9.17, 15) is 4.79 Å². The van der Waals surface area contributed by atoms with Gasteiger partial charge in [-0.1, -0.05) is 12.1 Å². The minimum absolute atomic E-state index is 0.169. The van der Waals surface area contributed by atoms with Crippen molar-refractivity contribution in [3.8, 4) is 5.75 Å². The molecule has 2 rings (SSSR count). The van der Waals surface area contributed by atoms with Crippen LogP contribution in [0.1, 0.15) is 29.9 Å². The van der Waals surface area contributed by atoms with Crippen molar-refractivity contribution >= 4 is 21.8 Å². The Balaban J connectivity index is 2.06. The van der Waals surface area contributed by atoms with Crippen LogP contribution in [0.3, 0.4) is 0 Å². The highest BCUT2D eigenvalue weighted by molar-refractivity contribution is 9.10. The number of aromatic nitrogens is 2. The van der Waals surface area contributed by atoms with E-state index in [2.05, 4.69) is 26.3 Å². The van der Waals surface area contributed by atoms with Crippen LogP contribution < -0.4 is 10.1 Å². The molecule has 1 aromatic carbocycles. The van der Waals surface area contributed by atoms with Crippen LogP contribution in [0.25, 0.3) is 0 Å². The summed E-state index contributed by atoms with van der Waals surface area (Å²) in [7, 11) is 0. The lowest BCUT2D eigenvalue weighted by molar-refractivity contribution is 0.0946. The topological polar surface area (TPSA) is 56.1 Å². The van der Waals surface area contributed by atoms with Crippen molar-refractivity contribution in [3.05, 3.63) is 46.2 Å². The van der Waals surface area contributed by atoms with E-state index in [0.29, 0.717) is 24.5 Å². The summed E-state index contributed by atoms with van der Waals surface area (Å²) in [5.41, 5.74) is 1.34. The quantitative estimate of drug-likeness (QED) is 0.870. The summed E-state index contributed by atoms with van der Waals surface area (Å²) in [6.07, 6.45) is 1.90. The number of ether oxygens (including phenoxy) is 1. The molecule has 112 valence electrons. The van der Waals surface area contributed by atoms with E-state index in [-0.39, 0.29) is 5.91 Å². The average Bonchev–Trinajstić information content (AvgIpc) is 2.86. The van der Waals surface area contributed by atoms with E-state index in [0.717, 1.165) is 16.7 Å². The number of aryl methyl sites for hydroxylation is 1. The van der Waals surface area contributed by atoms with Crippen molar-refractivity contribution in [3.63, 3.8) is 0 Å². The Kier molecular flexibility index (Phi) is 5.38. The first-order valence-electron chi connectivity index (χ1n) is 6.87. The predicted molar refractivity (Wildman–Crippen MR) is 84.4 cm³/mol. The lowest BCUT2D eigenvalue weighted by Gasteiger charge is -2.09. The van der Waals surface area contributed by atoms with Crippen LogP contribution in [0, 0.1) is 0 Å². The van der Waals surface area contributed by atoms with Crippen LogP contribution in [0.15, 0.2) is 34.9 Å². The molecular weight excluding hydrogens is 334 g/mol. The number of hydrogen-bond donors (Lipinski definition) is 1. The molecule has 0 bridgehead atoms. The molecule has 21 heavy (non-hydrogen) atoms. The molecule has 0 unspecified atom stereocenters. The van der Waals surface area contributed by atoms with Gasteiger partial charge >= 0.3 is 0 Å². The average molecular weight is 352 g/mol. The van der Waals surface area contributed by atoms with Gasteiger partial charge in [0, 0.05) is 12.7 Å². The van der Waals surface area contributed by atoms with Crippen LogP contribution in [0.2, 0.25) is 0 Å². The zero-order chi connectivity index (χ0) is 15.2. The third-order valence-corrected chi connectivity index (χ3v) is 3.62. The highest BCUT2D eigenvalue weighted by atomic mass is 79.9. The molecule has 0 radical (unpaired) electrons. The van der Waals surface area contributed by atoms with E-state index < -0.39 is 0 Å². The zero-order valence-electron chi connectivity index (χ0n) is 12.1. The van der Waals surface area contributed by atoms with Gasteiger partial charge in [0.15, 0.2) is 0 Å². The molecule has 2 aromatic rings. The van der Waals surface area contributed by atoms with E-state index in [1.165, 1.54) is 0 Å². The molecule has 6 heteroatoms. The van der Waals surface area contributed by atoms with Crippen molar-refractivity contribution < 1.29 is 9.53 Å². The van der Waals surface area contributed by atoms with Crippen molar-refractivity contribution in [1.29, 1.82) is 0 Å². The Morgan fingerprint density at radius 3 is 2.81 bits per heavy atom. The van der Waals surface area contributed by atoms with Crippen LogP contribution in [-0.4, -0.2) is 22.3 Å². The molecule has 0 aliphatic rings. The van der Waals surface area contributed by atoms with Gasteiger partial charge in [0.05, 0.1) is 28.9 Å². The van der Waals surface area contributed by atoms with Crippen LogP contribution in [-0.2, 0) is 13.1 Å². The maximum absolute atomic E-state index is 12.3. The molecule has 0 saturated heterocycles. The van der Waals surface area contributed by atoms with Gasteiger partial charge < -0.3 is 10.1 Å². The fourth-order valence-corrected chi connectivity index (χ4v) is 2.37. The lowest BCUT2D eigenvalue weighted by Crippen LogP contribution is -2.24. The van der Waals surface area contributed by atoms with Gasteiger partial charge in [0.25, 0.3) is 5.91 Å². The van der Waals surface area contributed by atoms with Crippen LogP contribution in [0.4, 0.5) is 0 Å². The van der Waals surface area contributed by atoms with Crippen molar-refractivity contribution in [2.75, 3.05) is 6.61 Å². The second-order valence-electron chi connectivity index (χ2n) is 4.39. The van der Waals surface area contributed by atoms with Gasteiger partial charge in [-0.2, -0.15) is 5.10 Å². The Hall–Kier alpha value is -1.82. The van der Waals surface area contributed by atoms with E-state index in [4.69, 9.17) is 4.74 Å². The molecular formula is C15H18BrN3O2. The summed E-state index contributed by atoms with van der Waals surface area (Å²) in [5, 5.41) is 7.24. The van der Waals surface area contributed by atoms with Crippen molar-refractivity contribution in [1.82, 2.24) is 15.1 Å². The lowest BCUT2D eigenvalue weighted by atomic mass is 10.2. The molecule has 0 spiro atoms. The maximum atomic E-state index is 12.3. The Bertz CT molecular complexity index is 625. The van der Waals surface area contributed by atoms with Crippen LogP contribution in [0.5, 0.6) is 5.75 Å². The zero-order valence-corrected chi connectivity index (χ0v) is 13.7. The largest absolute Gasteiger partial charge is 0.493 e. The standard InChI is InChI=1S/C15H18BrN3O2/c1-3-19-10-12(16)13(18-19)9-17-15(20)11-7-5-6-8-14(11)21-4-2/h5-8,10H,3-4,9H2,1-2H3,(H,17,20). The molecule has 1 aromatic heterocycles. The highest BCUT2D eigenvalue weighted by Gasteiger charge is 2.13. The number of carbonyl (C=O) groups is 1. The second-order valence-corrected chi connectivity index (χ2v) is 5.25. The van der Waals surface area contributed by atoms with Gasteiger partial charge in [0.2, 0.25) is 0 Å². The number of rotatable bonds is 6. The van der Waals surface area contributed by atoms with Gasteiger partial charge in [0.1, 0.15) is 5.75 Å². The highest BCUT2D eigenvalue weighted by Crippen LogP contribution is 2.19. The van der Waals surface area contributed by atoms with Gasteiger partial charge in [-0.25, -0.2) is 0 Å². The number of halogens is 1. The summed E-state index contributed by atoms with van der Waals surface area (Å²) in [6, 6.07) is 7.21. The second kappa shape index (κ2) is 7.26. The Morgan fingerprint density at radius 1 is 1.38 bits per heavy atom. The Labute approximate surface area is 132 Å². The molecule has 1 N–H and O–H groups in total. The summed E-state index contributed by atoms with van der Waals surface area (Å²) >= 11 is 3.44. The SMILES string of the molecule is CCOc1ccccc1C(=O)NCc1nn(CC)cc1Br. The van der Waals surface area contributed by atoms with E-state index >= 15 is 0 Å². The molecule has 1 heterocycles. The van der Waals surface area contributed by atoms with Crippen molar-refractivity contribution in [2.45, 2.75) is 26.9 Å². The van der Waals surface area contributed by atoms with Gasteiger partial charge in [-0.3, -0.25) is 9.48 Å². The number of hydrogen-bond acceptors (Lipinski definition) is 3. The first-order chi connectivity index (χ1) is 10.2. The molecule has 0 aliphatic carbocycles. The monoisotopic (exact) mass is 351 g/mol. The van der Waals surface area contributed by atoms with Crippen LogP contribution >= 0.6 is 15.9 Å². The van der Waals surface area contributed by atoms with Crippen molar-refractivity contribution in [2.24, 2.45) is 0 Å². The van der Waals surface area contributed by atoms with E-state index in [1.807, 2.05) is 36.9 Å². The maximum Gasteiger partial charge on any atom is 0.255 e. The molecule has 0 atom stereocenters. The number of para-hydroxylation sites is 1. The van der Waals surface area contributed by atoms with E-state index in [1.54, 1.807) is 12.1 Å². The predicted octanol–water partition coefficient (Wildman–Crippen LogP) is 2.99. The first kappa shape index (κ1) is 15.6. The summed E-state index contributed by atoms with van der Waals surface area (Å²) < 4.78 is 8.18. The Morgan fingerprint density at radius 2 is 2.14 bits per heavy atom. The smallest absolute Gasteiger partial charge is 0.255 e. The summed E-state index contributed by atoms with van der Waals surface area (Å²) in [6.45, 7) is 5.59. The molecule has 1 amide bonds. The van der Waals surface area contributed by atoms with Gasteiger partial charge in [-0.15, -0.1) is 0 Å². The molecule has 0 fully saturated rings. The van der Waals surface area contributed by atoms with Gasteiger partial charge in [-0.05, 0) is 41.9 Å². The fourth-order valence-electron chi connectivity index (χ4n) is 1.91. The first-order valence-corrected chi connectivity index (χ1v) is 7.66.